The second kappa shape index (κ2) is 60.1. The molecule has 0 saturated carbocycles. The van der Waals surface area contributed by atoms with Crippen molar-refractivity contribution < 1.29 is 89.4 Å². The molecule has 0 bridgehead atoms. The van der Waals surface area contributed by atoms with Crippen LogP contribution in [0.25, 0.3) is 0 Å². The van der Waals surface area contributed by atoms with Gasteiger partial charge in [-0.1, -0.05) is 294 Å². The van der Waals surface area contributed by atoms with Gasteiger partial charge in [-0.25, -0.2) is 0 Å². The summed E-state index contributed by atoms with van der Waals surface area (Å²) in [7, 11) is 0. The molecule has 0 aliphatic carbocycles. The molecule has 0 aromatic carbocycles. The lowest BCUT2D eigenvalue weighted by Gasteiger charge is -2.48. The maximum Gasteiger partial charge on any atom is 0.220 e. The van der Waals surface area contributed by atoms with Crippen molar-refractivity contribution in [2.75, 3.05) is 26.4 Å². The number of carbonyl (C=O) groups is 1. The smallest absolute Gasteiger partial charge is 0.220 e. The van der Waals surface area contributed by atoms with Gasteiger partial charge in [0.2, 0.25) is 5.91 Å². The molecule has 19 heteroatoms. The highest BCUT2D eigenvalue weighted by Crippen LogP contribution is 2.33. The molecular formula is C79H145NO18. The lowest BCUT2D eigenvalue weighted by molar-refractivity contribution is -0.379. The number of rotatable bonds is 63. The Balaban J connectivity index is 1.26. The fourth-order valence-electron chi connectivity index (χ4n) is 13.4. The summed E-state index contributed by atoms with van der Waals surface area (Å²) < 4.78 is 34.3. The fourth-order valence-corrected chi connectivity index (χ4v) is 13.4. The Kier molecular flexibility index (Phi) is 55.1. The minimum atomic E-state index is -1.98. The van der Waals surface area contributed by atoms with E-state index in [1.807, 2.05) is 6.08 Å². The van der Waals surface area contributed by atoms with Crippen LogP contribution in [-0.4, -0.2) is 193 Å². The van der Waals surface area contributed by atoms with Crippen molar-refractivity contribution in [1.29, 1.82) is 0 Å². The molecule has 3 fully saturated rings. The van der Waals surface area contributed by atoms with Gasteiger partial charge in [0.25, 0.3) is 0 Å². The van der Waals surface area contributed by atoms with E-state index >= 15 is 0 Å². The van der Waals surface area contributed by atoms with Gasteiger partial charge in [-0.2, -0.15) is 0 Å². The normalized spacial score (nSPS) is 27.0. The van der Waals surface area contributed by atoms with Crippen LogP contribution >= 0.6 is 0 Å². The number of hydrogen-bond donors (Lipinski definition) is 12. The molecule has 0 aromatic rings. The van der Waals surface area contributed by atoms with Gasteiger partial charge >= 0.3 is 0 Å². The number of allylic oxidation sites excluding steroid dienone is 7. The number of carbonyl (C=O) groups excluding carboxylic acids is 1. The third-order valence-corrected chi connectivity index (χ3v) is 19.8. The summed E-state index contributed by atoms with van der Waals surface area (Å²) in [6.45, 7) is 1.67. The van der Waals surface area contributed by atoms with Crippen LogP contribution in [0.3, 0.4) is 0 Å². The van der Waals surface area contributed by atoms with E-state index in [4.69, 9.17) is 28.4 Å². The van der Waals surface area contributed by atoms with Gasteiger partial charge in [-0.05, 0) is 64.2 Å². The molecule has 3 saturated heterocycles. The molecule has 3 aliphatic heterocycles. The molecule has 12 N–H and O–H groups in total. The molecule has 3 rings (SSSR count). The minimum Gasteiger partial charge on any atom is -0.394 e. The topological polar surface area (TPSA) is 307 Å². The Morgan fingerprint density at radius 3 is 1.05 bits per heavy atom. The SMILES string of the molecule is CCCC/C=C/CC/C=C/CC/C=C/C(O)C(COC1OC(CO)C(OC2OC(CO)C(OC3OC(CO)C(O)C(O)C3O)C(O)C2O)C(O)C1O)NC(=O)CCCCCCCCCCCCCCCCCCCCCCCCCCCCCCC/C=C\CCCCCCCCCC. The van der Waals surface area contributed by atoms with Crippen LogP contribution in [0, 0.1) is 0 Å². The van der Waals surface area contributed by atoms with Gasteiger partial charge in [0, 0.05) is 6.42 Å². The van der Waals surface area contributed by atoms with E-state index in [-0.39, 0.29) is 18.9 Å². The summed E-state index contributed by atoms with van der Waals surface area (Å²) in [5.74, 6) is -0.286. The predicted molar refractivity (Wildman–Crippen MR) is 388 cm³/mol. The minimum absolute atomic E-state index is 0.235. The third-order valence-electron chi connectivity index (χ3n) is 19.8. The van der Waals surface area contributed by atoms with Crippen molar-refractivity contribution >= 4 is 5.91 Å². The quantitative estimate of drug-likeness (QED) is 0.0199. The first-order chi connectivity index (χ1) is 47.8. The van der Waals surface area contributed by atoms with Crippen LogP contribution in [0.1, 0.15) is 316 Å². The van der Waals surface area contributed by atoms with Gasteiger partial charge in [-0.15, -0.1) is 0 Å². The molecule has 3 heterocycles. The molecule has 574 valence electrons. The number of ether oxygens (including phenoxy) is 6. The number of amides is 1. The van der Waals surface area contributed by atoms with Crippen LogP contribution in [0.4, 0.5) is 0 Å². The van der Waals surface area contributed by atoms with Gasteiger partial charge in [0.1, 0.15) is 73.2 Å². The summed E-state index contributed by atoms with van der Waals surface area (Å²) in [5, 5.41) is 120. The Morgan fingerprint density at radius 2 is 0.663 bits per heavy atom. The fraction of sp³-hybridized carbons (Fsp3) is 0.886. The molecule has 0 radical (unpaired) electrons. The van der Waals surface area contributed by atoms with Crippen LogP contribution in [0.15, 0.2) is 48.6 Å². The molecule has 17 unspecified atom stereocenters. The maximum absolute atomic E-state index is 13.4. The highest BCUT2D eigenvalue weighted by molar-refractivity contribution is 5.76. The number of nitrogens with one attached hydrogen (secondary N) is 1. The Morgan fingerprint density at radius 1 is 0.357 bits per heavy atom. The molecular weight excluding hydrogens is 1250 g/mol. The third kappa shape index (κ3) is 40.1. The van der Waals surface area contributed by atoms with Crippen molar-refractivity contribution in [3.63, 3.8) is 0 Å². The average Bonchev–Trinajstić information content (AvgIpc) is 0.785. The van der Waals surface area contributed by atoms with E-state index in [0.29, 0.717) is 12.8 Å². The van der Waals surface area contributed by atoms with Crippen molar-refractivity contribution in [3.8, 4) is 0 Å². The highest BCUT2D eigenvalue weighted by atomic mass is 16.8. The van der Waals surface area contributed by atoms with Gasteiger partial charge < -0.3 is 89.9 Å². The van der Waals surface area contributed by atoms with E-state index in [1.165, 1.54) is 238 Å². The number of aliphatic hydroxyl groups excluding tert-OH is 11. The summed E-state index contributed by atoms with van der Waals surface area (Å²) in [6.07, 6.45) is 48.8. The van der Waals surface area contributed by atoms with Crippen molar-refractivity contribution in [2.24, 2.45) is 0 Å². The zero-order valence-electron chi connectivity index (χ0n) is 61.3. The Labute approximate surface area is 593 Å². The standard InChI is InChI=1S/C79H145NO18/c1-3-5-7-9-11-13-15-17-18-19-20-21-22-23-24-25-26-27-28-29-30-31-32-33-34-35-36-37-38-39-40-41-42-43-44-45-47-49-51-53-55-57-67(85)80-62(63(84)56-54-52-50-48-46-16-14-12-10-8-6-4-2)61-93-77-73(91)70(88)75(65(59-82)95-77)98-79-74(92)71(89)76(66(60-83)96-79)97-78-72(90)69(87)68(86)64(58-81)94-78/h10,12,19-20,46,48,54,56,62-66,68-79,81-84,86-92H,3-9,11,13-18,21-45,47,49-53,55,57-61H2,1-2H3,(H,80,85)/b12-10+,20-19-,48-46+,56-54+. The summed E-state index contributed by atoms with van der Waals surface area (Å²) >= 11 is 0. The van der Waals surface area contributed by atoms with E-state index in [9.17, 15) is 61.0 Å². The predicted octanol–water partition coefficient (Wildman–Crippen LogP) is 12.9. The first kappa shape index (κ1) is 90.0. The van der Waals surface area contributed by atoms with Crippen LogP contribution in [-0.2, 0) is 33.2 Å². The Bertz CT molecular complexity index is 1960. The molecule has 0 spiro atoms. The van der Waals surface area contributed by atoms with Crippen molar-refractivity contribution in [3.05, 3.63) is 48.6 Å². The van der Waals surface area contributed by atoms with E-state index in [0.717, 1.165) is 44.9 Å². The first-order valence-electron chi connectivity index (χ1n) is 39.9. The van der Waals surface area contributed by atoms with Gasteiger partial charge in [-0.3, -0.25) is 4.79 Å². The number of unbranched alkanes of at least 4 members (excludes halogenated alkanes) is 41. The largest absolute Gasteiger partial charge is 0.394 e. The van der Waals surface area contributed by atoms with E-state index in [1.54, 1.807) is 6.08 Å². The maximum atomic E-state index is 13.4. The van der Waals surface area contributed by atoms with Crippen LogP contribution < -0.4 is 5.32 Å². The average molecular weight is 1400 g/mol. The molecule has 1 amide bonds. The zero-order chi connectivity index (χ0) is 71.1. The molecule has 19 nitrogen and oxygen atoms in total. The highest BCUT2D eigenvalue weighted by Gasteiger charge is 2.54. The monoisotopic (exact) mass is 1400 g/mol. The second-order valence-corrected chi connectivity index (χ2v) is 28.5. The molecule has 3 aliphatic rings. The summed E-state index contributed by atoms with van der Waals surface area (Å²) in [6, 6.07) is -0.995. The molecule has 98 heavy (non-hydrogen) atoms. The summed E-state index contributed by atoms with van der Waals surface area (Å²) in [5.41, 5.74) is 0. The van der Waals surface area contributed by atoms with Gasteiger partial charge in [0.05, 0.1) is 38.6 Å². The van der Waals surface area contributed by atoms with Crippen molar-refractivity contribution in [2.45, 2.75) is 420 Å². The Hall–Kier alpha value is -2.25. The molecule has 0 aromatic heterocycles. The lowest BCUT2D eigenvalue weighted by Crippen LogP contribution is -2.66. The van der Waals surface area contributed by atoms with E-state index in [2.05, 4.69) is 55.6 Å². The van der Waals surface area contributed by atoms with E-state index < -0.39 is 124 Å². The first-order valence-corrected chi connectivity index (χ1v) is 39.9. The van der Waals surface area contributed by atoms with Gasteiger partial charge in [0.15, 0.2) is 18.9 Å². The summed E-state index contributed by atoms with van der Waals surface area (Å²) in [4.78, 5) is 13.4. The second-order valence-electron chi connectivity index (χ2n) is 28.5. The number of hydrogen-bond acceptors (Lipinski definition) is 18. The molecule has 17 atom stereocenters. The van der Waals surface area contributed by atoms with Crippen LogP contribution in [0.2, 0.25) is 0 Å². The number of aliphatic hydroxyl groups is 11. The zero-order valence-corrected chi connectivity index (χ0v) is 61.3. The van der Waals surface area contributed by atoms with Crippen LogP contribution in [0.5, 0.6) is 0 Å². The lowest BCUT2D eigenvalue weighted by atomic mass is 9.96. The van der Waals surface area contributed by atoms with Crippen molar-refractivity contribution in [1.82, 2.24) is 5.32 Å².